The fourth-order valence-corrected chi connectivity index (χ4v) is 2.88. The molecule has 1 unspecified atom stereocenters. The summed E-state index contributed by atoms with van der Waals surface area (Å²) >= 11 is 7.81. The summed E-state index contributed by atoms with van der Waals surface area (Å²) in [7, 11) is 0. The Morgan fingerprint density at radius 3 is 2.83 bits per heavy atom. The maximum absolute atomic E-state index is 10.7. The van der Waals surface area contributed by atoms with Crippen LogP contribution < -0.4 is 0 Å². The van der Waals surface area contributed by atoms with Crippen molar-refractivity contribution in [3.63, 3.8) is 0 Å². The number of aliphatic carboxylic acids is 1. The largest absolute Gasteiger partial charge is 0.481 e. The molecule has 4 heteroatoms. The highest BCUT2D eigenvalue weighted by Gasteiger charge is 2.13. The predicted octanol–water partition coefficient (Wildman–Crippen LogP) is 4.65. The summed E-state index contributed by atoms with van der Waals surface area (Å²) in [5, 5.41) is 11.5. The van der Waals surface area contributed by atoms with Crippen LogP contribution in [0.4, 0.5) is 0 Å². The molecular weight excluding hydrogens is 268 g/mol. The molecule has 18 heavy (non-hydrogen) atoms. The van der Waals surface area contributed by atoms with E-state index in [1.165, 1.54) is 0 Å². The minimum absolute atomic E-state index is 0.0153. The van der Waals surface area contributed by atoms with Crippen LogP contribution in [0.15, 0.2) is 35.7 Å². The molecule has 0 aliphatic heterocycles. The Balaban J connectivity index is 2.35. The number of rotatable bonds is 4. The fraction of sp³-hybridized carbons (Fsp3) is 0.214. The molecule has 0 spiro atoms. The highest BCUT2D eigenvalue weighted by Crippen LogP contribution is 2.34. The first-order valence-electron chi connectivity index (χ1n) is 5.63. The van der Waals surface area contributed by atoms with E-state index in [1.54, 1.807) is 11.3 Å². The summed E-state index contributed by atoms with van der Waals surface area (Å²) in [6, 6.07) is 9.71. The van der Waals surface area contributed by atoms with E-state index >= 15 is 0 Å². The van der Waals surface area contributed by atoms with Crippen LogP contribution in [0.3, 0.4) is 0 Å². The van der Waals surface area contributed by atoms with Gasteiger partial charge in [-0.2, -0.15) is 0 Å². The van der Waals surface area contributed by atoms with Gasteiger partial charge in [-0.15, -0.1) is 11.3 Å². The zero-order chi connectivity index (χ0) is 13.1. The number of thiophene rings is 1. The highest BCUT2D eigenvalue weighted by atomic mass is 35.5. The normalized spacial score (nSPS) is 12.3. The summed E-state index contributed by atoms with van der Waals surface area (Å²) in [5.74, 6) is -0.798. The van der Waals surface area contributed by atoms with Crippen LogP contribution in [-0.4, -0.2) is 11.1 Å². The van der Waals surface area contributed by atoms with Gasteiger partial charge in [-0.1, -0.05) is 30.7 Å². The van der Waals surface area contributed by atoms with Crippen LogP contribution in [0.2, 0.25) is 5.02 Å². The number of hydrogen-bond acceptors (Lipinski definition) is 2. The van der Waals surface area contributed by atoms with E-state index in [1.807, 2.05) is 42.6 Å². The standard InChI is InChI=1S/C14H13ClO2S/c1-9(7-14(16)17)10-4-5-12(15)11(8-10)13-3-2-6-18-13/h2-6,8-9H,7H2,1H3,(H,16,17). The smallest absolute Gasteiger partial charge is 0.303 e. The van der Waals surface area contributed by atoms with Crippen molar-refractivity contribution in [2.24, 2.45) is 0 Å². The topological polar surface area (TPSA) is 37.3 Å². The van der Waals surface area contributed by atoms with Gasteiger partial charge in [0, 0.05) is 15.5 Å². The van der Waals surface area contributed by atoms with Gasteiger partial charge in [-0.05, 0) is 35.1 Å². The van der Waals surface area contributed by atoms with Crippen molar-refractivity contribution in [2.45, 2.75) is 19.3 Å². The Bertz CT molecular complexity index is 549. The second-order valence-corrected chi connectivity index (χ2v) is 5.57. The molecule has 0 saturated heterocycles. The van der Waals surface area contributed by atoms with E-state index in [9.17, 15) is 4.79 Å². The summed E-state index contributed by atoms with van der Waals surface area (Å²) in [5.41, 5.74) is 1.98. The Morgan fingerprint density at radius 1 is 1.44 bits per heavy atom. The molecule has 94 valence electrons. The molecule has 0 saturated carbocycles. The summed E-state index contributed by atoms with van der Waals surface area (Å²) in [4.78, 5) is 11.8. The molecule has 0 aliphatic carbocycles. The second kappa shape index (κ2) is 5.55. The van der Waals surface area contributed by atoms with Crippen LogP contribution in [0.5, 0.6) is 0 Å². The molecule has 1 aromatic heterocycles. The fourth-order valence-electron chi connectivity index (χ4n) is 1.85. The lowest BCUT2D eigenvalue weighted by atomic mass is 9.96. The van der Waals surface area contributed by atoms with Crippen LogP contribution in [0.25, 0.3) is 10.4 Å². The number of carboxylic acids is 1. The quantitative estimate of drug-likeness (QED) is 0.885. The van der Waals surface area contributed by atoms with Crippen molar-refractivity contribution >= 4 is 28.9 Å². The van der Waals surface area contributed by atoms with Crippen molar-refractivity contribution in [1.82, 2.24) is 0 Å². The molecule has 2 nitrogen and oxygen atoms in total. The molecule has 0 aliphatic rings. The first-order valence-corrected chi connectivity index (χ1v) is 6.89. The SMILES string of the molecule is CC(CC(=O)O)c1ccc(Cl)c(-c2cccs2)c1. The van der Waals surface area contributed by atoms with Gasteiger partial charge in [-0.25, -0.2) is 0 Å². The third-order valence-electron chi connectivity index (χ3n) is 2.83. The van der Waals surface area contributed by atoms with E-state index in [-0.39, 0.29) is 12.3 Å². The van der Waals surface area contributed by atoms with Gasteiger partial charge in [0.05, 0.1) is 6.42 Å². The molecule has 0 amide bonds. The van der Waals surface area contributed by atoms with Crippen molar-refractivity contribution < 1.29 is 9.90 Å². The van der Waals surface area contributed by atoms with Crippen LogP contribution >= 0.6 is 22.9 Å². The second-order valence-electron chi connectivity index (χ2n) is 4.22. The highest BCUT2D eigenvalue weighted by molar-refractivity contribution is 7.13. The lowest BCUT2D eigenvalue weighted by Crippen LogP contribution is -2.02. The van der Waals surface area contributed by atoms with E-state index in [0.29, 0.717) is 5.02 Å². The number of hydrogen-bond donors (Lipinski definition) is 1. The van der Waals surface area contributed by atoms with Gasteiger partial charge in [0.2, 0.25) is 0 Å². The average molecular weight is 281 g/mol. The molecule has 2 aromatic rings. The molecule has 0 fully saturated rings. The van der Waals surface area contributed by atoms with E-state index < -0.39 is 5.97 Å². The van der Waals surface area contributed by atoms with E-state index in [4.69, 9.17) is 16.7 Å². The van der Waals surface area contributed by atoms with Gasteiger partial charge in [0.1, 0.15) is 0 Å². The third-order valence-corrected chi connectivity index (χ3v) is 4.06. The van der Waals surface area contributed by atoms with Gasteiger partial charge >= 0.3 is 5.97 Å². The van der Waals surface area contributed by atoms with E-state index in [2.05, 4.69) is 0 Å². The maximum atomic E-state index is 10.7. The summed E-state index contributed by atoms with van der Waals surface area (Å²) in [6.45, 7) is 1.91. The number of halogens is 1. The number of carbonyl (C=O) groups is 1. The van der Waals surface area contributed by atoms with Crippen molar-refractivity contribution in [1.29, 1.82) is 0 Å². The van der Waals surface area contributed by atoms with Gasteiger partial charge < -0.3 is 5.11 Å². The Kier molecular flexibility index (Phi) is 4.04. The molecular formula is C14H13ClO2S. The Morgan fingerprint density at radius 2 is 2.22 bits per heavy atom. The molecule has 2 rings (SSSR count). The van der Waals surface area contributed by atoms with Gasteiger partial charge in [0.15, 0.2) is 0 Å². The third kappa shape index (κ3) is 2.92. The lowest BCUT2D eigenvalue weighted by molar-refractivity contribution is -0.137. The number of benzene rings is 1. The zero-order valence-corrected chi connectivity index (χ0v) is 11.5. The molecule has 1 heterocycles. The monoisotopic (exact) mass is 280 g/mol. The molecule has 0 bridgehead atoms. The summed E-state index contributed by atoms with van der Waals surface area (Å²) < 4.78 is 0. The Labute approximate surface area is 115 Å². The van der Waals surface area contributed by atoms with Gasteiger partial charge in [0.25, 0.3) is 0 Å². The van der Waals surface area contributed by atoms with Crippen molar-refractivity contribution in [3.8, 4) is 10.4 Å². The van der Waals surface area contributed by atoms with Crippen LogP contribution in [-0.2, 0) is 4.79 Å². The summed E-state index contributed by atoms with van der Waals surface area (Å²) in [6.07, 6.45) is 0.130. The number of carboxylic acid groups (broad SMARTS) is 1. The van der Waals surface area contributed by atoms with Gasteiger partial charge in [-0.3, -0.25) is 4.79 Å². The molecule has 1 aromatic carbocycles. The first kappa shape index (κ1) is 13.1. The molecule has 1 N–H and O–H groups in total. The minimum Gasteiger partial charge on any atom is -0.481 e. The van der Waals surface area contributed by atoms with Crippen molar-refractivity contribution in [2.75, 3.05) is 0 Å². The van der Waals surface area contributed by atoms with E-state index in [0.717, 1.165) is 16.0 Å². The zero-order valence-electron chi connectivity index (χ0n) is 9.89. The average Bonchev–Trinajstić information content (AvgIpc) is 2.82. The molecule has 1 atom stereocenters. The minimum atomic E-state index is -0.782. The lowest BCUT2D eigenvalue weighted by Gasteiger charge is -2.11. The maximum Gasteiger partial charge on any atom is 0.303 e. The van der Waals surface area contributed by atoms with Crippen molar-refractivity contribution in [3.05, 3.63) is 46.3 Å². The predicted molar refractivity (Wildman–Crippen MR) is 75.4 cm³/mol. The first-order chi connectivity index (χ1) is 8.58. The van der Waals surface area contributed by atoms with Crippen LogP contribution in [0.1, 0.15) is 24.8 Å². The Hall–Kier alpha value is -1.32. The van der Waals surface area contributed by atoms with Crippen LogP contribution in [0, 0.1) is 0 Å². The molecule has 0 radical (unpaired) electrons.